The van der Waals surface area contributed by atoms with E-state index in [0.29, 0.717) is 19.3 Å². The van der Waals surface area contributed by atoms with Gasteiger partial charge in [-0.2, -0.15) is 0 Å². The number of nitrogens with zero attached hydrogens (tertiary/aromatic N) is 1. The Bertz CT molecular complexity index is 557. The van der Waals surface area contributed by atoms with Gasteiger partial charge in [0, 0.05) is 18.1 Å². The van der Waals surface area contributed by atoms with Crippen molar-refractivity contribution in [1.82, 2.24) is 10.3 Å². The van der Waals surface area contributed by atoms with E-state index in [9.17, 15) is 0 Å². The highest BCUT2D eigenvalue weighted by Crippen LogP contribution is 2.31. The van der Waals surface area contributed by atoms with E-state index >= 15 is 0 Å². The highest BCUT2D eigenvalue weighted by atomic mass is 32.1. The van der Waals surface area contributed by atoms with Crippen molar-refractivity contribution in [2.75, 3.05) is 13.2 Å². The number of ether oxygens (including phenoxy) is 2. The molecule has 1 aliphatic heterocycles. The van der Waals surface area contributed by atoms with Gasteiger partial charge in [0.05, 0.1) is 6.04 Å². The van der Waals surface area contributed by atoms with Crippen LogP contribution in [0.1, 0.15) is 30.0 Å². The Morgan fingerprint density at radius 3 is 2.90 bits per heavy atom. The summed E-state index contributed by atoms with van der Waals surface area (Å²) in [5.41, 5.74) is 1.20. The van der Waals surface area contributed by atoms with Gasteiger partial charge in [0.25, 0.3) is 0 Å². The van der Waals surface area contributed by atoms with Crippen LogP contribution in [0.2, 0.25) is 0 Å². The zero-order valence-corrected chi connectivity index (χ0v) is 12.3. The van der Waals surface area contributed by atoms with Crippen molar-refractivity contribution in [1.29, 1.82) is 0 Å². The molecule has 1 aromatic carbocycles. The first kappa shape index (κ1) is 13.4. The van der Waals surface area contributed by atoms with E-state index in [1.165, 1.54) is 5.56 Å². The lowest BCUT2D eigenvalue weighted by molar-refractivity contribution is 0.171. The molecule has 20 heavy (non-hydrogen) atoms. The van der Waals surface area contributed by atoms with Gasteiger partial charge in [0.2, 0.25) is 0 Å². The Morgan fingerprint density at radius 2 is 2.15 bits per heavy atom. The van der Waals surface area contributed by atoms with Crippen LogP contribution in [0.15, 0.2) is 29.8 Å². The average molecular weight is 290 g/mol. The fraction of sp³-hybridized carbons (Fsp3) is 0.400. The molecular weight excluding hydrogens is 272 g/mol. The minimum Gasteiger partial charge on any atom is -0.486 e. The van der Waals surface area contributed by atoms with Crippen LogP contribution in [0.5, 0.6) is 11.5 Å². The average Bonchev–Trinajstić information content (AvgIpc) is 3.02. The van der Waals surface area contributed by atoms with Crippen LogP contribution < -0.4 is 14.8 Å². The molecule has 4 nitrogen and oxygen atoms in total. The summed E-state index contributed by atoms with van der Waals surface area (Å²) in [6, 6.07) is 6.42. The summed E-state index contributed by atoms with van der Waals surface area (Å²) in [5, 5.41) is 6.71. The van der Waals surface area contributed by atoms with Gasteiger partial charge in [0.1, 0.15) is 18.2 Å². The zero-order chi connectivity index (χ0) is 13.8. The molecule has 2 heterocycles. The van der Waals surface area contributed by atoms with E-state index in [-0.39, 0.29) is 0 Å². The fourth-order valence-electron chi connectivity index (χ4n) is 2.25. The third-order valence-electron chi connectivity index (χ3n) is 3.32. The van der Waals surface area contributed by atoms with Crippen molar-refractivity contribution in [2.24, 2.45) is 0 Å². The Balaban J connectivity index is 1.66. The van der Waals surface area contributed by atoms with E-state index in [0.717, 1.165) is 29.5 Å². The summed E-state index contributed by atoms with van der Waals surface area (Å²) >= 11 is 1.70. The summed E-state index contributed by atoms with van der Waals surface area (Å²) in [6.07, 6.45) is 2.88. The molecule has 1 aliphatic rings. The van der Waals surface area contributed by atoms with E-state index in [1.807, 2.05) is 17.6 Å². The standard InChI is InChI=1S/C15H18N2O2S/c1-2-12(15-16-5-8-20-15)17-10-11-3-4-13-14(9-11)19-7-6-18-13/h3-5,8-9,12,17H,2,6-7,10H2,1H3. The lowest BCUT2D eigenvalue weighted by atomic mass is 10.1. The van der Waals surface area contributed by atoms with Crippen LogP contribution in [0.25, 0.3) is 0 Å². The van der Waals surface area contributed by atoms with E-state index < -0.39 is 0 Å². The van der Waals surface area contributed by atoms with Crippen molar-refractivity contribution in [2.45, 2.75) is 25.9 Å². The highest BCUT2D eigenvalue weighted by molar-refractivity contribution is 7.09. The molecule has 1 atom stereocenters. The summed E-state index contributed by atoms with van der Waals surface area (Å²) < 4.78 is 11.1. The van der Waals surface area contributed by atoms with Crippen LogP contribution in [0.4, 0.5) is 0 Å². The minimum absolute atomic E-state index is 0.309. The van der Waals surface area contributed by atoms with Crippen LogP contribution in [-0.2, 0) is 6.54 Å². The van der Waals surface area contributed by atoms with Crippen molar-refractivity contribution in [3.05, 3.63) is 40.3 Å². The summed E-state index contributed by atoms with van der Waals surface area (Å²) in [7, 11) is 0. The number of rotatable bonds is 5. The van der Waals surface area contributed by atoms with E-state index in [2.05, 4.69) is 29.4 Å². The van der Waals surface area contributed by atoms with Gasteiger partial charge in [-0.05, 0) is 24.1 Å². The molecule has 0 spiro atoms. The van der Waals surface area contributed by atoms with Gasteiger partial charge in [-0.15, -0.1) is 11.3 Å². The molecule has 0 bridgehead atoms. The number of fused-ring (bicyclic) bond motifs is 1. The quantitative estimate of drug-likeness (QED) is 0.918. The van der Waals surface area contributed by atoms with Gasteiger partial charge < -0.3 is 14.8 Å². The monoisotopic (exact) mass is 290 g/mol. The number of hydrogen-bond donors (Lipinski definition) is 1. The van der Waals surface area contributed by atoms with Gasteiger partial charge in [-0.1, -0.05) is 13.0 Å². The maximum atomic E-state index is 5.61. The molecule has 1 unspecified atom stereocenters. The lowest BCUT2D eigenvalue weighted by Crippen LogP contribution is -2.20. The second-order valence-corrected chi connectivity index (χ2v) is 5.62. The van der Waals surface area contributed by atoms with E-state index in [1.54, 1.807) is 11.3 Å². The number of aromatic nitrogens is 1. The molecule has 0 saturated carbocycles. The maximum absolute atomic E-state index is 5.61. The molecule has 0 radical (unpaired) electrons. The summed E-state index contributed by atoms with van der Waals surface area (Å²) in [6.45, 7) is 4.23. The fourth-order valence-corrected chi connectivity index (χ4v) is 3.05. The van der Waals surface area contributed by atoms with Crippen LogP contribution in [0.3, 0.4) is 0 Å². The number of hydrogen-bond acceptors (Lipinski definition) is 5. The van der Waals surface area contributed by atoms with Crippen LogP contribution >= 0.6 is 11.3 Å². The normalized spacial score (nSPS) is 15.1. The predicted molar refractivity (Wildman–Crippen MR) is 79.4 cm³/mol. The van der Waals surface area contributed by atoms with Crippen molar-refractivity contribution in [3.63, 3.8) is 0 Å². The minimum atomic E-state index is 0.309. The van der Waals surface area contributed by atoms with Crippen molar-refractivity contribution in [3.8, 4) is 11.5 Å². The lowest BCUT2D eigenvalue weighted by Gasteiger charge is -2.20. The Labute approximate surface area is 122 Å². The Morgan fingerprint density at radius 1 is 1.30 bits per heavy atom. The Kier molecular flexibility index (Phi) is 4.18. The molecule has 0 amide bonds. The third kappa shape index (κ3) is 2.94. The van der Waals surface area contributed by atoms with Gasteiger partial charge in [-0.25, -0.2) is 4.98 Å². The molecular formula is C15H18N2O2S. The van der Waals surface area contributed by atoms with Gasteiger partial charge in [0.15, 0.2) is 11.5 Å². The summed E-state index contributed by atoms with van der Waals surface area (Å²) in [4.78, 5) is 4.38. The zero-order valence-electron chi connectivity index (χ0n) is 11.5. The largest absolute Gasteiger partial charge is 0.486 e. The molecule has 1 aromatic heterocycles. The van der Waals surface area contributed by atoms with Crippen LogP contribution in [-0.4, -0.2) is 18.2 Å². The number of nitrogens with one attached hydrogen (secondary N) is 1. The molecule has 1 N–H and O–H groups in total. The van der Waals surface area contributed by atoms with E-state index in [4.69, 9.17) is 9.47 Å². The van der Waals surface area contributed by atoms with Crippen LogP contribution in [0, 0.1) is 0 Å². The van der Waals surface area contributed by atoms with Crippen molar-refractivity contribution < 1.29 is 9.47 Å². The SMILES string of the molecule is CCC(NCc1ccc2c(c1)OCCO2)c1nccs1. The molecule has 3 rings (SSSR count). The first-order valence-electron chi connectivity index (χ1n) is 6.88. The first-order valence-corrected chi connectivity index (χ1v) is 7.76. The molecule has 2 aromatic rings. The summed E-state index contributed by atoms with van der Waals surface area (Å²) in [5.74, 6) is 1.69. The second-order valence-electron chi connectivity index (χ2n) is 4.69. The van der Waals surface area contributed by atoms with Gasteiger partial charge in [-0.3, -0.25) is 0 Å². The number of thiazole rings is 1. The second kappa shape index (κ2) is 6.24. The first-order chi connectivity index (χ1) is 9.86. The molecule has 5 heteroatoms. The molecule has 0 saturated heterocycles. The molecule has 106 valence electrons. The molecule has 0 fully saturated rings. The maximum Gasteiger partial charge on any atom is 0.161 e. The highest BCUT2D eigenvalue weighted by Gasteiger charge is 2.14. The smallest absolute Gasteiger partial charge is 0.161 e. The molecule has 0 aliphatic carbocycles. The number of benzene rings is 1. The topological polar surface area (TPSA) is 43.4 Å². The third-order valence-corrected chi connectivity index (χ3v) is 4.21. The Hall–Kier alpha value is -1.59. The van der Waals surface area contributed by atoms with Crippen molar-refractivity contribution >= 4 is 11.3 Å². The predicted octanol–water partition coefficient (Wildman–Crippen LogP) is 3.16. The van der Waals surface area contributed by atoms with Gasteiger partial charge >= 0.3 is 0 Å².